The van der Waals surface area contributed by atoms with E-state index in [4.69, 9.17) is 4.74 Å². The summed E-state index contributed by atoms with van der Waals surface area (Å²) in [6.45, 7) is 8.57. The summed E-state index contributed by atoms with van der Waals surface area (Å²) in [7, 11) is 3.79. The molecule has 0 saturated carbocycles. The van der Waals surface area contributed by atoms with Crippen molar-refractivity contribution in [3.63, 3.8) is 0 Å². The van der Waals surface area contributed by atoms with Crippen LogP contribution in [0.15, 0.2) is 41.5 Å². The van der Waals surface area contributed by atoms with Crippen LogP contribution in [0, 0.1) is 0 Å². The van der Waals surface area contributed by atoms with Crippen molar-refractivity contribution in [2.45, 2.75) is 39.2 Å². The number of hydrogen-bond acceptors (Lipinski definition) is 5. The fourth-order valence-corrected chi connectivity index (χ4v) is 2.63. The predicted octanol–water partition coefficient (Wildman–Crippen LogP) is 3.78. The van der Waals surface area contributed by atoms with E-state index < -0.39 is 0 Å². The number of rotatable bonds is 5. The summed E-state index contributed by atoms with van der Waals surface area (Å²) in [4.78, 5) is 14.7. The summed E-state index contributed by atoms with van der Waals surface area (Å²) in [6.07, 6.45) is 3.15. The fourth-order valence-electron chi connectivity index (χ4n) is 2.63. The molecule has 7 heteroatoms. The second-order valence-corrected chi connectivity index (χ2v) is 7.74. The Labute approximate surface area is 159 Å². The first-order valence-corrected chi connectivity index (χ1v) is 8.93. The average Bonchev–Trinajstić information content (AvgIpc) is 3.02. The van der Waals surface area contributed by atoms with E-state index in [-0.39, 0.29) is 11.5 Å². The van der Waals surface area contributed by atoms with E-state index in [2.05, 4.69) is 53.0 Å². The largest absolute Gasteiger partial charge is 0.484 e. The topological polar surface area (TPSA) is 67.9 Å². The Balaban J connectivity index is 1.84. The number of aliphatic imine (C=N–C) groups is 1. The third-order valence-electron chi connectivity index (χ3n) is 4.11. The highest BCUT2D eigenvalue weighted by Crippen LogP contribution is 2.27. The number of benzene rings is 1. The van der Waals surface area contributed by atoms with Gasteiger partial charge in [0.05, 0.1) is 12.0 Å². The minimum atomic E-state index is -0.219. The molecule has 0 N–H and O–H groups in total. The molecule has 2 aromatic heterocycles. The van der Waals surface area contributed by atoms with Crippen molar-refractivity contribution in [2.75, 3.05) is 14.1 Å². The van der Waals surface area contributed by atoms with Crippen LogP contribution >= 0.6 is 0 Å². The Kier molecular flexibility index (Phi) is 5.12. The maximum atomic E-state index is 6.12. The van der Waals surface area contributed by atoms with Gasteiger partial charge in [0.2, 0.25) is 0 Å². The lowest BCUT2D eigenvalue weighted by atomic mass is 9.87. The van der Waals surface area contributed by atoms with Gasteiger partial charge in [-0.1, -0.05) is 32.9 Å². The molecule has 1 unspecified atom stereocenters. The standard InChI is InChI=1S/C20H26N6O/c1-14(27-16-9-7-15(8-10-16)20(2,3)4)17-11-12-21-19-23-18(24-26(17)19)22-13-25(5)6/h7-14H,1-6H3/b22-13+. The monoisotopic (exact) mass is 366 g/mol. The second kappa shape index (κ2) is 7.34. The molecule has 7 nitrogen and oxygen atoms in total. The van der Waals surface area contributed by atoms with E-state index in [1.807, 2.05) is 44.1 Å². The van der Waals surface area contributed by atoms with Crippen LogP contribution in [0.25, 0.3) is 5.78 Å². The molecule has 0 aliphatic heterocycles. The smallest absolute Gasteiger partial charge is 0.272 e. The van der Waals surface area contributed by atoms with Crippen LogP contribution in [-0.2, 0) is 5.41 Å². The van der Waals surface area contributed by atoms with E-state index in [1.165, 1.54) is 5.56 Å². The molecule has 27 heavy (non-hydrogen) atoms. The summed E-state index contributed by atoms with van der Waals surface area (Å²) >= 11 is 0. The Morgan fingerprint density at radius 1 is 1.15 bits per heavy atom. The molecule has 0 fully saturated rings. The maximum Gasteiger partial charge on any atom is 0.272 e. The van der Waals surface area contributed by atoms with E-state index in [1.54, 1.807) is 17.1 Å². The predicted molar refractivity (Wildman–Crippen MR) is 107 cm³/mol. The molecule has 0 spiro atoms. The van der Waals surface area contributed by atoms with E-state index in [0.717, 1.165) is 11.4 Å². The van der Waals surface area contributed by atoms with Crippen molar-refractivity contribution in [3.05, 3.63) is 47.8 Å². The number of fused-ring (bicyclic) bond motifs is 1. The van der Waals surface area contributed by atoms with Crippen molar-refractivity contribution >= 4 is 18.1 Å². The van der Waals surface area contributed by atoms with Crippen molar-refractivity contribution in [1.29, 1.82) is 0 Å². The zero-order valence-electron chi connectivity index (χ0n) is 16.7. The molecule has 0 radical (unpaired) electrons. The summed E-state index contributed by atoms with van der Waals surface area (Å²) in [5.41, 5.74) is 2.25. The number of ether oxygens (including phenoxy) is 1. The summed E-state index contributed by atoms with van der Waals surface area (Å²) in [5.74, 6) is 1.67. The van der Waals surface area contributed by atoms with Gasteiger partial charge < -0.3 is 9.64 Å². The van der Waals surface area contributed by atoms with Gasteiger partial charge in [0, 0.05) is 20.3 Å². The molecule has 0 bridgehead atoms. The highest BCUT2D eigenvalue weighted by molar-refractivity contribution is 5.58. The van der Waals surface area contributed by atoms with Crippen molar-refractivity contribution < 1.29 is 4.74 Å². The molecule has 0 aliphatic carbocycles. The average molecular weight is 366 g/mol. The fraction of sp³-hybridized carbons (Fsp3) is 0.400. The van der Waals surface area contributed by atoms with Crippen LogP contribution in [0.5, 0.6) is 5.75 Å². The summed E-state index contributed by atoms with van der Waals surface area (Å²) in [5, 5.41) is 4.43. The van der Waals surface area contributed by atoms with Crippen LogP contribution < -0.4 is 4.74 Å². The zero-order chi connectivity index (χ0) is 19.6. The molecule has 0 saturated heterocycles. The van der Waals surface area contributed by atoms with Crippen molar-refractivity contribution in [3.8, 4) is 5.75 Å². The summed E-state index contributed by atoms with van der Waals surface area (Å²) in [6, 6.07) is 10.1. The van der Waals surface area contributed by atoms with Crippen LogP contribution in [0.1, 0.15) is 45.1 Å². The molecular formula is C20H26N6O. The lowest BCUT2D eigenvalue weighted by Gasteiger charge is -2.20. The minimum Gasteiger partial charge on any atom is -0.484 e. The Morgan fingerprint density at radius 2 is 1.85 bits per heavy atom. The number of nitrogens with zero attached hydrogens (tertiary/aromatic N) is 6. The van der Waals surface area contributed by atoms with Gasteiger partial charge in [0.1, 0.15) is 11.9 Å². The number of hydrogen-bond donors (Lipinski definition) is 0. The van der Waals surface area contributed by atoms with Gasteiger partial charge in [-0.25, -0.2) is 9.98 Å². The Hall–Kier alpha value is -2.96. The van der Waals surface area contributed by atoms with Gasteiger partial charge in [0.25, 0.3) is 11.7 Å². The highest BCUT2D eigenvalue weighted by atomic mass is 16.5. The number of aromatic nitrogens is 4. The van der Waals surface area contributed by atoms with Gasteiger partial charge in [-0.15, -0.1) is 5.10 Å². The highest BCUT2D eigenvalue weighted by Gasteiger charge is 2.16. The van der Waals surface area contributed by atoms with Gasteiger partial charge >= 0.3 is 0 Å². The quantitative estimate of drug-likeness (QED) is 0.508. The van der Waals surface area contributed by atoms with Gasteiger partial charge in [0.15, 0.2) is 0 Å². The third-order valence-corrected chi connectivity index (χ3v) is 4.11. The second-order valence-electron chi connectivity index (χ2n) is 7.74. The van der Waals surface area contributed by atoms with E-state index in [9.17, 15) is 0 Å². The van der Waals surface area contributed by atoms with Crippen LogP contribution in [-0.4, -0.2) is 44.9 Å². The van der Waals surface area contributed by atoms with Crippen molar-refractivity contribution in [2.24, 2.45) is 4.99 Å². The lowest BCUT2D eigenvalue weighted by Crippen LogP contribution is -2.12. The third kappa shape index (κ3) is 4.42. The summed E-state index contributed by atoms with van der Waals surface area (Å²) < 4.78 is 7.80. The molecule has 0 amide bonds. The maximum absolute atomic E-state index is 6.12. The molecule has 3 aromatic rings. The molecule has 1 atom stereocenters. The normalized spacial score (nSPS) is 13.3. The Bertz CT molecular complexity index is 937. The van der Waals surface area contributed by atoms with Crippen LogP contribution in [0.4, 0.5) is 5.95 Å². The van der Waals surface area contributed by atoms with E-state index in [0.29, 0.717) is 11.7 Å². The molecule has 0 aliphatic rings. The van der Waals surface area contributed by atoms with Crippen LogP contribution in [0.3, 0.4) is 0 Å². The molecule has 1 aromatic carbocycles. The van der Waals surface area contributed by atoms with Gasteiger partial charge in [-0.05, 0) is 36.1 Å². The Morgan fingerprint density at radius 3 is 2.48 bits per heavy atom. The molecule has 2 heterocycles. The lowest BCUT2D eigenvalue weighted by molar-refractivity contribution is 0.218. The molecule has 3 rings (SSSR count). The first kappa shape index (κ1) is 18.8. The van der Waals surface area contributed by atoms with Gasteiger partial charge in [-0.2, -0.15) is 9.50 Å². The van der Waals surface area contributed by atoms with Gasteiger partial charge in [-0.3, -0.25) is 0 Å². The first-order valence-electron chi connectivity index (χ1n) is 8.93. The molecule has 142 valence electrons. The molecular weight excluding hydrogens is 340 g/mol. The SMILES string of the molecule is CC(Oc1ccc(C(C)(C)C)cc1)c1ccnc2nc(/N=C/N(C)C)nn12. The van der Waals surface area contributed by atoms with Crippen molar-refractivity contribution in [1.82, 2.24) is 24.5 Å². The van der Waals surface area contributed by atoms with Crippen LogP contribution in [0.2, 0.25) is 0 Å². The van der Waals surface area contributed by atoms with E-state index >= 15 is 0 Å². The minimum absolute atomic E-state index is 0.117. The zero-order valence-corrected chi connectivity index (χ0v) is 16.7. The first-order chi connectivity index (χ1) is 12.7.